The van der Waals surface area contributed by atoms with Crippen molar-refractivity contribution >= 4 is 15.7 Å². The Labute approximate surface area is 121 Å². The zero-order valence-electron chi connectivity index (χ0n) is 11.6. The summed E-state index contributed by atoms with van der Waals surface area (Å²) in [7, 11) is -3.90. The molecular formula is C13H14FN3O3S. The van der Waals surface area contributed by atoms with Crippen molar-refractivity contribution in [1.29, 1.82) is 0 Å². The maximum atomic E-state index is 14.1. The summed E-state index contributed by atoms with van der Waals surface area (Å²) in [6.07, 6.45) is 0. The SMILES string of the molecule is Cc1n[nH]c(C)c1S(=O)(=O)N1CCOc2cccc(F)c21. The Morgan fingerprint density at radius 1 is 1.38 bits per heavy atom. The minimum Gasteiger partial charge on any atom is -0.489 e. The van der Waals surface area contributed by atoms with E-state index in [1.807, 2.05) is 0 Å². The number of H-pyrrole nitrogens is 1. The second-order valence-corrected chi connectivity index (χ2v) is 6.57. The van der Waals surface area contributed by atoms with Crippen LogP contribution in [-0.4, -0.2) is 31.8 Å². The lowest BCUT2D eigenvalue weighted by Crippen LogP contribution is -2.39. The second-order valence-electron chi connectivity index (χ2n) is 4.78. The van der Waals surface area contributed by atoms with E-state index < -0.39 is 15.8 Å². The molecule has 8 heteroatoms. The fourth-order valence-corrected chi connectivity index (χ4v) is 4.28. The van der Waals surface area contributed by atoms with Crippen molar-refractivity contribution in [1.82, 2.24) is 10.2 Å². The first-order chi connectivity index (χ1) is 9.93. The molecule has 1 aliphatic heterocycles. The lowest BCUT2D eigenvalue weighted by Gasteiger charge is -2.30. The van der Waals surface area contributed by atoms with E-state index in [1.165, 1.54) is 12.1 Å². The molecule has 0 bridgehead atoms. The molecule has 0 aliphatic carbocycles. The predicted octanol–water partition coefficient (Wildman–Crippen LogP) is 1.75. The van der Waals surface area contributed by atoms with Gasteiger partial charge >= 0.3 is 0 Å². The van der Waals surface area contributed by atoms with Crippen LogP contribution in [0.3, 0.4) is 0 Å². The maximum absolute atomic E-state index is 14.1. The number of aromatic nitrogens is 2. The van der Waals surface area contributed by atoms with Crippen LogP contribution in [0.1, 0.15) is 11.4 Å². The molecule has 3 rings (SSSR count). The normalized spacial score (nSPS) is 14.7. The van der Waals surface area contributed by atoms with Crippen molar-refractivity contribution in [2.75, 3.05) is 17.5 Å². The van der Waals surface area contributed by atoms with Gasteiger partial charge in [-0.3, -0.25) is 9.40 Å². The van der Waals surface area contributed by atoms with Gasteiger partial charge in [-0.05, 0) is 26.0 Å². The van der Waals surface area contributed by atoms with Crippen molar-refractivity contribution in [2.45, 2.75) is 18.7 Å². The average molecular weight is 311 g/mol. The Bertz CT molecular complexity index is 781. The van der Waals surface area contributed by atoms with Crippen LogP contribution in [-0.2, 0) is 10.0 Å². The number of halogens is 1. The fourth-order valence-electron chi connectivity index (χ4n) is 2.48. The van der Waals surface area contributed by atoms with E-state index in [-0.39, 0.29) is 29.5 Å². The first-order valence-corrected chi connectivity index (χ1v) is 7.82. The molecule has 0 unspecified atom stereocenters. The molecule has 0 fully saturated rings. The van der Waals surface area contributed by atoms with Gasteiger partial charge in [0.25, 0.3) is 10.0 Å². The molecule has 21 heavy (non-hydrogen) atoms. The Hall–Kier alpha value is -2.09. The predicted molar refractivity (Wildman–Crippen MR) is 74.5 cm³/mol. The molecular weight excluding hydrogens is 297 g/mol. The number of fused-ring (bicyclic) bond motifs is 1. The summed E-state index contributed by atoms with van der Waals surface area (Å²) in [5, 5.41) is 6.54. The van der Waals surface area contributed by atoms with E-state index in [1.54, 1.807) is 19.9 Å². The molecule has 1 aliphatic rings. The zero-order chi connectivity index (χ0) is 15.2. The van der Waals surface area contributed by atoms with Crippen LogP contribution in [0.15, 0.2) is 23.1 Å². The highest BCUT2D eigenvalue weighted by Crippen LogP contribution is 2.38. The van der Waals surface area contributed by atoms with Gasteiger partial charge in [-0.15, -0.1) is 0 Å². The number of nitrogens with zero attached hydrogens (tertiary/aromatic N) is 2. The van der Waals surface area contributed by atoms with E-state index >= 15 is 0 Å². The molecule has 2 aromatic rings. The molecule has 1 N–H and O–H groups in total. The van der Waals surface area contributed by atoms with Gasteiger partial charge in [0.05, 0.1) is 17.9 Å². The summed E-state index contributed by atoms with van der Waals surface area (Å²) < 4.78 is 46.2. The number of benzene rings is 1. The van der Waals surface area contributed by atoms with E-state index in [0.29, 0.717) is 11.4 Å². The summed E-state index contributed by atoms with van der Waals surface area (Å²) in [4.78, 5) is 0.0820. The zero-order valence-corrected chi connectivity index (χ0v) is 12.4. The third-order valence-electron chi connectivity index (χ3n) is 3.36. The van der Waals surface area contributed by atoms with Gasteiger partial charge in [0.2, 0.25) is 0 Å². The maximum Gasteiger partial charge on any atom is 0.268 e. The lowest BCUT2D eigenvalue weighted by atomic mass is 10.2. The van der Waals surface area contributed by atoms with E-state index in [0.717, 1.165) is 4.31 Å². The molecule has 2 heterocycles. The molecule has 0 saturated carbocycles. The number of aromatic amines is 1. The quantitative estimate of drug-likeness (QED) is 0.917. The Balaban J connectivity index is 2.19. The summed E-state index contributed by atoms with van der Waals surface area (Å²) in [5.41, 5.74) is 0.734. The summed E-state index contributed by atoms with van der Waals surface area (Å²) in [6, 6.07) is 4.25. The van der Waals surface area contributed by atoms with E-state index in [9.17, 15) is 12.8 Å². The monoisotopic (exact) mass is 311 g/mol. The molecule has 0 amide bonds. The molecule has 6 nitrogen and oxygen atoms in total. The average Bonchev–Trinajstić information content (AvgIpc) is 2.78. The highest BCUT2D eigenvalue weighted by molar-refractivity contribution is 7.93. The summed E-state index contributed by atoms with van der Waals surface area (Å²) in [5.74, 6) is -0.404. The van der Waals surface area contributed by atoms with E-state index in [2.05, 4.69) is 10.2 Å². The number of nitrogens with one attached hydrogen (secondary N) is 1. The molecule has 0 atom stereocenters. The van der Waals surface area contributed by atoms with Gasteiger partial charge < -0.3 is 4.74 Å². The first-order valence-electron chi connectivity index (χ1n) is 6.38. The number of hydrogen-bond acceptors (Lipinski definition) is 4. The van der Waals surface area contributed by atoms with Crippen LogP contribution in [0.25, 0.3) is 0 Å². The standard InChI is InChI=1S/C13H14FN3O3S/c1-8-13(9(2)16-15-8)21(18,19)17-6-7-20-11-5-3-4-10(14)12(11)17/h3-5H,6-7H2,1-2H3,(H,15,16). The third-order valence-corrected chi connectivity index (χ3v) is 5.42. The van der Waals surface area contributed by atoms with Gasteiger partial charge in [0.1, 0.15) is 22.9 Å². The number of ether oxygens (including phenoxy) is 1. The van der Waals surface area contributed by atoms with E-state index in [4.69, 9.17) is 4.74 Å². The Morgan fingerprint density at radius 2 is 2.14 bits per heavy atom. The number of rotatable bonds is 2. The third kappa shape index (κ3) is 2.06. The van der Waals surface area contributed by atoms with Crippen LogP contribution in [0.2, 0.25) is 0 Å². The van der Waals surface area contributed by atoms with Gasteiger partial charge in [0.15, 0.2) is 5.82 Å². The van der Waals surface area contributed by atoms with Crippen molar-refractivity contribution in [3.8, 4) is 5.75 Å². The van der Waals surface area contributed by atoms with Crippen molar-refractivity contribution in [2.24, 2.45) is 0 Å². The van der Waals surface area contributed by atoms with Crippen molar-refractivity contribution in [3.63, 3.8) is 0 Å². The number of aryl methyl sites for hydroxylation is 2. The van der Waals surface area contributed by atoms with Crippen LogP contribution in [0, 0.1) is 19.7 Å². The van der Waals surface area contributed by atoms with Crippen LogP contribution >= 0.6 is 0 Å². The van der Waals surface area contributed by atoms with Crippen LogP contribution in [0.4, 0.5) is 10.1 Å². The number of sulfonamides is 1. The Morgan fingerprint density at radius 3 is 2.81 bits per heavy atom. The molecule has 1 aromatic heterocycles. The topological polar surface area (TPSA) is 75.3 Å². The molecule has 0 radical (unpaired) electrons. The Kier molecular flexibility index (Phi) is 3.12. The number of anilines is 1. The lowest BCUT2D eigenvalue weighted by molar-refractivity contribution is 0.313. The molecule has 1 aromatic carbocycles. The number of hydrogen-bond donors (Lipinski definition) is 1. The molecule has 0 saturated heterocycles. The van der Waals surface area contributed by atoms with Gasteiger partial charge in [-0.2, -0.15) is 5.10 Å². The highest BCUT2D eigenvalue weighted by atomic mass is 32.2. The van der Waals surface area contributed by atoms with Gasteiger partial charge in [0, 0.05) is 0 Å². The van der Waals surface area contributed by atoms with Crippen LogP contribution < -0.4 is 9.04 Å². The largest absolute Gasteiger partial charge is 0.489 e. The number of para-hydroxylation sites is 1. The van der Waals surface area contributed by atoms with Gasteiger partial charge in [-0.25, -0.2) is 12.8 Å². The molecule has 112 valence electrons. The smallest absolute Gasteiger partial charge is 0.268 e. The summed E-state index contributed by atoms with van der Waals surface area (Å²) >= 11 is 0. The highest BCUT2D eigenvalue weighted by Gasteiger charge is 2.35. The fraction of sp³-hybridized carbons (Fsp3) is 0.308. The summed E-state index contributed by atoms with van der Waals surface area (Å²) in [6.45, 7) is 3.45. The van der Waals surface area contributed by atoms with Crippen LogP contribution in [0.5, 0.6) is 5.75 Å². The van der Waals surface area contributed by atoms with Crippen molar-refractivity contribution < 1.29 is 17.5 Å². The minimum atomic E-state index is -3.90. The molecule has 0 spiro atoms. The van der Waals surface area contributed by atoms with Gasteiger partial charge in [-0.1, -0.05) is 6.07 Å². The minimum absolute atomic E-state index is 0.0521. The second kappa shape index (κ2) is 4.73. The first kappa shape index (κ1) is 13.9. The van der Waals surface area contributed by atoms with Crippen molar-refractivity contribution in [3.05, 3.63) is 35.4 Å².